The van der Waals surface area contributed by atoms with Crippen LogP contribution in [0.25, 0.3) is 0 Å². The van der Waals surface area contributed by atoms with Crippen molar-refractivity contribution in [1.82, 2.24) is 0 Å². The van der Waals surface area contributed by atoms with Crippen LogP contribution < -0.4 is 0 Å². The van der Waals surface area contributed by atoms with Gasteiger partial charge in [0.15, 0.2) is 18.4 Å². The van der Waals surface area contributed by atoms with Crippen LogP contribution in [0.5, 0.6) is 0 Å². The molecule has 2 heterocycles. The van der Waals surface area contributed by atoms with Crippen molar-refractivity contribution in [2.45, 2.75) is 90.0 Å². The molecule has 0 aromatic rings. The second-order valence-corrected chi connectivity index (χ2v) is 8.28. The van der Waals surface area contributed by atoms with Crippen LogP contribution in [0.15, 0.2) is 12.7 Å². The third-order valence-corrected chi connectivity index (χ3v) is 5.89. The average molecular weight is 427 g/mol. The minimum Gasteiger partial charge on any atom is -0.467 e. The summed E-state index contributed by atoms with van der Waals surface area (Å²) in [4.78, 5) is 25.2. The molecule has 2 aliphatic rings. The Kier molecular flexibility index (Phi) is 11.0. The third-order valence-electron chi connectivity index (χ3n) is 5.89. The number of ketones is 1. The molecule has 0 amide bonds. The molecule has 2 saturated heterocycles. The Balaban J connectivity index is 1.93. The largest absolute Gasteiger partial charge is 0.467 e. The van der Waals surface area contributed by atoms with Crippen LogP contribution in [0.4, 0.5) is 0 Å². The van der Waals surface area contributed by atoms with E-state index in [1.54, 1.807) is 0 Å². The molecule has 2 fully saturated rings. The van der Waals surface area contributed by atoms with E-state index in [0.29, 0.717) is 25.9 Å². The van der Waals surface area contributed by atoms with Crippen molar-refractivity contribution in [3.63, 3.8) is 0 Å². The molecule has 0 aliphatic carbocycles. The van der Waals surface area contributed by atoms with Crippen LogP contribution in [0.3, 0.4) is 0 Å². The quantitative estimate of drug-likeness (QED) is 0.267. The first kappa shape index (κ1) is 25.0. The number of ether oxygens (including phenoxy) is 5. The number of hydrogen-bond acceptors (Lipinski definition) is 7. The van der Waals surface area contributed by atoms with E-state index in [9.17, 15) is 9.59 Å². The van der Waals surface area contributed by atoms with E-state index in [0.717, 1.165) is 38.7 Å². The highest BCUT2D eigenvalue weighted by Crippen LogP contribution is 2.25. The SMILES string of the molecule is C=C[C@@H](C)[C@H](CC[C@@H](C)C(=O)C(OC1CCCCO1)C(=O)OC)OC1CCCCO1. The highest BCUT2D eigenvalue weighted by molar-refractivity contribution is 6.02. The lowest BCUT2D eigenvalue weighted by Crippen LogP contribution is -2.42. The molecule has 0 aromatic heterocycles. The Hall–Kier alpha value is -1.28. The average Bonchev–Trinajstić information content (AvgIpc) is 2.79. The number of carbonyl (C=O) groups excluding carboxylic acids is 2. The normalized spacial score (nSPS) is 26.2. The number of hydrogen-bond donors (Lipinski definition) is 0. The number of esters is 1. The van der Waals surface area contributed by atoms with E-state index in [-0.39, 0.29) is 30.0 Å². The van der Waals surface area contributed by atoms with Gasteiger partial charge in [-0.2, -0.15) is 0 Å². The summed E-state index contributed by atoms with van der Waals surface area (Å²) in [6.07, 6.45) is 6.61. The highest BCUT2D eigenvalue weighted by atomic mass is 16.7. The van der Waals surface area contributed by atoms with Crippen LogP contribution in [-0.4, -0.2) is 56.9 Å². The van der Waals surface area contributed by atoms with Crippen molar-refractivity contribution in [3.8, 4) is 0 Å². The van der Waals surface area contributed by atoms with E-state index < -0.39 is 18.4 Å². The molecule has 0 bridgehead atoms. The van der Waals surface area contributed by atoms with Gasteiger partial charge in [-0.15, -0.1) is 6.58 Å². The molecule has 2 rings (SSSR count). The molecule has 7 nitrogen and oxygen atoms in total. The monoisotopic (exact) mass is 426 g/mol. The number of Topliss-reactive ketones (excluding diaryl/α,β-unsaturated/α-hetero) is 1. The van der Waals surface area contributed by atoms with Crippen molar-refractivity contribution in [2.24, 2.45) is 11.8 Å². The zero-order valence-corrected chi connectivity index (χ0v) is 18.7. The molecule has 0 radical (unpaired) electrons. The molecule has 0 spiro atoms. The minimum atomic E-state index is -1.26. The molecule has 7 heteroatoms. The summed E-state index contributed by atoms with van der Waals surface area (Å²) in [5.41, 5.74) is 0. The van der Waals surface area contributed by atoms with E-state index >= 15 is 0 Å². The fourth-order valence-corrected chi connectivity index (χ4v) is 3.75. The maximum Gasteiger partial charge on any atom is 0.342 e. The summed E-state index contributed by atoms with van der Waals surface area (Å²) in [6, 6.07) is 0. The second-order valence-electron chi connectivity index (χ2n) is 8.28. The van der Waals surface area contributed by atoms with Gasteiger partial charge in [-0.25, -0.2) is 4.79 Å². The Morgan fingerprint density at radius 1 is 1.00 bits per heavy atom. The van der Waals surface area contributed by atoms with Gasteiger partial charge in [0.25, 0.3) is 0 Å². The van der Waals surface area contributed by atoms with Crippen molar-refractivity contribution >= 4 is 11.8 Å². The number of carbonyl (C=O) groups is 2. The van der Waals surface area contributed by atoms with Gasteiger partial charge < -0.3 is 23.7 Å². The summed E-state index contributed by atoms with van der Waals surface area (Å²) in [5.74, 6) is -1.21. The van der Waals surface area contributed by atoms with E-state index in [1.165, 1.54) is 7.11 Å². The first-order valence-corrected chi connectivity index (χ1v) is 11.2. The first-order valence-electron chi connectivity index (χ1n) is 11.2. The summed E-state index contributed by atoms with van der Waals surface area (Å²) in [5, 5.41) is 0. The highest BCUT2D eigenvalue weighted by Gasteiger charge is 2.35. The zero-order valence-electron chi connectivity index (χ0n) is 18.7. The minimum absolute atomic E-state index is 0.0972. The molecule has 172 valence electrons. The Morgan fingerprint density at radius 3 is 2.10 bits per heavy atom. The van der Waals surface area contributed by atoms with Gasteiger partial charge in [-0.3, -0.25) is 4.79 Å². The van der Waals surface area contributed by atoms with Crippen molar-refractivity contribution in [2.75, 3.05) is 20.3 Å². The summed E-state index contributed by atoms with van der Waals surface area (Å²) in [6.45, 7) is 9.04. The van der Waals surface area contributed by atoms with E-state index in [1.807, 2.05) is 19.9 Å². The van der Waals surface area contributed by atoms with Gasteiger partial charge >= 0.3 is 5.97 Å². The fraction of sp³-hybridized carbons (Fsp3) is 0.826. The van der Waals surface area contributed by atoms with Crippen molar-refractivity contribution < 1.29 is 33.3 Å². The lowest BCUT2D eigenvalue weighted by atomic mass is 9.91. The molecule has 3 unspecified atom stereocenters. The predicted molar refractivity (Wildman–Crippen MR) is 112 cm³/mol. The first-order chi connectivity index (χ1) is 14.5. The maximum absolute atomic E-state index is 13.0. The number of rotatable bonds is 12. The van der Waals surface area contributed by atoms with Gasteiger partial charge in [0.1, 0.15) is 0 Å². The Labute approximate surface area is 180 Å². The molecule has 0 aromatic carbocycles. The molecule has 0 saturated carbocycles. The van der Waals surface area contributed by atoms with Gasteiger partial charge in [0, 0.05) is 25.0 Å². The lowest BCUT2D eigenvalue weighted by Gasteiger charge is -2.31. The second kappa shape index (κ2) is 13.2. The number of methoxy groups -OCH3 is 1. The molecule has 0 N–H and O–H groups in total. The smallest absolute Gasteiger partial charge is 0.342 e. The molecule has 30 heavy (non-hydrogen) atoms. The van der Waals surface area contributed by atoms with Crippen molar-refractivity contribution in [1.29, 1.82) is 0 Å². The van der Waals surface area contributed by atoms with Gasteiger partial charge in [-0.1, -0.05) is 19.9 Å². The topological polar surface area (TPSA) is 80.3 Å². The van der Waals surface area contributed by atoms with Crippen LogP contribution in [-0.2, 0) is 33.3 Å². The van der Waals surface area contributed by atoms with Crippen LogP contribution in [0.1, 0.15) is 65.2 Å². The molecule has 6 atom stereocenters. The van der Waals surface area contributed by atoms with Gasteiger partial charge in [-0.05, 0) is 51.4 Å². The van der Waals surface area contributed by atoms with Crippen molar-refractivity contribution in [3.05, 3.63) is 12.7 Å². The van der Waals surface area contributed by atoms with Gasteiger partial charge in [0.2, 0.25) is 6.10 Å². The predicted octanol–water partition coefficient (Wildman–Crippen LogP) is 3.79. The van der Waals surface area contributed by atoms with E-state index in [2.05, 4.69) is 6.58 Å². The Bertz CT molecular complexity index is 538. The summed E-state index contributed by atoms with van der Waals surface area (Å²) >= 11 is 0. The van der Waals surface area contributed by atoms with Crippen LogP contribution in [0, 0.1) is 11.8 Å². The lowest BCUT2D eigenvalue weighted by molar-refractivity contribution is -0.204. The van der Waals surface area contributed by atoms with Gasteiger partial charge in [0.05, 0.1) is 13.2 Å². The fourth-order valence-electron chi connectivity index (χ4n) is 3.75. The molecule has 2 aliphatic heterocycles. The molecular weight excluding hydrogens is 388 g/mol. The Morgan fingerprint density at radius 2 is 1.60 bits per heavy atom. The molecular formula is C23H38O7. The summed E-state index contributed by atoms with van der Waals surface area (Å²) < 4.78 is 27.9. The third kappa shape index (κ3) is 7.76. The maximum atomic E-state index is 13.0. The standard InChI is InChI=1S/C23H38O7/c1-5-16(2)18(29-19-10-6-8-14-27-19)13-12-17(3)21(24)22(23(25)26-4)30-20-11-7-9-15-28-20/h5,16-20,22H,1,6-15H2,2-4H3/t16-,17-,18+,19?,20?,22?/m1/s1. The van der Waals surface area contributed by atoms with Crippen LogP contribution in [0.2, 0.25) is 0 Å². The van der Waals surface area contributed by atoms with E-state index in [4.69, 9.17) is 23.7 Å². The summed E-state index contributed by atoms with van der Waals surface area (Å²) in [7, 11) is 1.26. The zero-order chi connectivity index (χ0) is 21.9. The van der Waals surface area contributed by atoms with Crippen LogP contribution >= 0.6 is 0 Å².